The molecule has 0 radical (unpaired) electrons. The fourth-order valence-corrected chi connectivity index (χ4v) is 7.75. The van der Waals surface area contributed by atoms with E-state index < -0.39 is 22.8 Å². The topological polar surface area (TPSA) is 67.7 Å². The number of fused-ring (bicyclic) bond motifs is 1. The summed E-state index contributed by atoms with van der Waals surface area (Å²) < 4.78 is 51.9. The van der Waals surface area contributed by atoms with E-state index in [9.17, 15) is 18.3 Å². The third-order valence-corrected chi connectivity index (χ3v) is 11.0. The van der Waals surface area contributed by atoms with E-state index in [1.807, 2.05) is 97.2 Å². The smallest absolute Gasteiger partial charge is 0.416 e. The molecule has 0 spiro atoms. The Morgan fingerprint density at radius 3 is 2.07 bits per heavy atom. The molecule has 278 valence electrons. The molecular weight excluding hydrogens is 688 g/mol. The molecule has 2 aromatic heterocycles. The summed E-state index contributed by atoms with van der Waals surface area (Å²) in [5.74, 6) is 0.876. The Hall–Kier alpha value is -5.25. The van der Waals surface area contributed by atoms with Gasteiger partial charge >= 0.3 is 6.18 Å². The molecule has 0 saturated carbocycles. The van der Waals surface area contributed by atoms with E-state index in [4.69, 9.17) is 19.4 Å². The Morgan fingerprint density at radius 1 is 0.759 bits per heavy atom. The van der Waals surface area contributed by atoms with Crippen LogP contribution in [0.1, 0.15) is 60.9 Å². The molecule has 3 heterocycles. The lowest BCUT2D eigenvalue weighted by atomic mass is 9.61. The van der Waals surface area contributed by atoms with E-state index in [-0.39, 0.29) is 0 Å². The Morgan fingerprint density at radius 2 is 1.43 bits per heavy atom. The zero-order chi connectivity index (χ0) is 37.8. The van der Waals surface area contributed by atoms with Crippen LogP contribution >= 0.6 is 0 Å². The van der Waals surface area contributed by atoms with Crippen molar-refractivity contribution in [3.05, 3.63) is 155 Å². The Balaban J connectivity index is 1.17. The first-order valence-corrected chi connectivity index (χ1v) is 18.5. The maximum absolute atomic E-state index is 13.2. The summed E-state index contributed by atoms with van der Waals surface area (Å²) in [4.78, 5) is 11.8. The van der Waals surface area contributed by atoms with Crippen molar-refractivity contribution in [2.75, 3.05) is 13.1 Å². The minimum Gasteiger partial charge on any atom is -0.473 e. The van der Waals surface area contributed by atoms with Gasteiger partial charge in [-0.1, -0.05) is 92.7 Å². The second-order valence-corrected chi connectivity index (χ2v) is 14.2. The van der Waals surface area contributed by atoms with Crippen LogP contribution in [-0.4, -0.2) is 33.1 Å². The largest absolute Gasteiger partial charge is 0.473 e. The zero-order valence-corrected chi connectivity index (χ0v) is 30.5. The third kappa shape index (κ3) is 7.84. The average Bonchev–Trinajstić information content (AvgIpc) is 3.20. The minimum absolute atomic E-state index is 0.327. The lowest BCUT2D eigenvalue weighted by molar-refractivity contribution is -0.148. The molecule has 1 unspecified atom stereocenters. The molecule has 1 fully saturated rings. The van der Waals surface area contributed by atoms with Crippen LogP contribution in [0.2, 0.25) is 0 Å². The van der Waals surface area contributed by atoms with Crippen molar-refractivity contribution in [1.82, 2.24) is 14.9 Å². The molecule has 9 heteroatoms. The summed E-state index contributed by atoms with van der Waals surface area (Å²) in [5.41, 5.74) is 3.82. The van der Waals surface area contributed by atoms with Crippen LogP contribution in [0.3, 0.4) is 0 Å². The summed E-state index contributed by atoms with van der Waals surface area (Å²) in [6.45, 7) is 6.63. The summed E-state index contributed by atoms with van der Waals surface area (Å²) in [6, 6.07) is 37.1. The van der Waals surface area contributed by atoms with Crippen molar-refractivity contribution >= 4 is 10.9 Å². The number of halogens is 3. The van der Waals surface area contributed by atoms with Crippen LogP contribution in [-0.2, 0) is 31.5 Å². The first-order chi connectivity index (χ1) is 26.1. The summed E-state index contributed by atoms with van der Waals surface area (Å²) in [6.07, 6.45) is -0.610. The SMILES string of the molecule is CCC1(CC)CN(Cc2ccc(C(F)(F)F)cc2)CCC1(O)c1ccc2ncc(-c3ccc(OCc4ccccc4)nc3OCc3ccccc3)cc2c1. The molecule has 6 aromatic rings. The van der Waals surface area contributed by atoms with Gasteiger partial charge in [0.1, 0.15) is 13.2 Å². The van der Waals surface area contributed by atoms with Crippen molar-refractivity contribution in [3.63, 3.8) is 0 Å². The first-order valence-electron chi connectivity index (χ1n) is 18.5. The van der Waals surface area contributed by atoms with Crippen molar-refractivity contribution in [2.24, 2.45) is 5.41 Å². The van der Waals surface area contributed by atoms with Gasteiger partial charge in [-0.15, -0.1) is 0 Å². The van der Waals surface area contributed by atoms with Gasteiger partial charge in [0, 0.05) is 53.8 Å². The Labute approximate surface area is 314 Å². The molecule has 1 aliphatic heterocycles. The highest BCUT2D eigenvalue weighted by atomic mass is 19.4. The highest BCUT2D eigenvalue weighted by Crippen LogP contribution is 2.51. The van der Waals surface area contributed by atoms with Crippen molar-refractivity contribution in [3.8, 4) is 22.9 Å². The van der Waals surface area contributed by atoms with Gasteiger partial charge in [-0.05, 0) is 77.9 Å². The number of alkyl halides is 3. The number of hydrogen-bond acceptors (Lipinski definition) is 6. The quantitative estimate of drug-likeness (QED) is 0.135. The van der Waals surface area contributed by atoms with E-state index >= 15 is 0 Å². The summed E-state index contributed by atoms with van der Waals surface area (Å²) in [5, 5.41) is 13.6. The van der Waals surface area contributed by atoms with E-state index in [1.54, 1.807) is 12.1 Å². The standard InChI is InChI=1S/C45H44F3N3O3/c1-3-43(4-2)31-51(28-32-15-17-37(18-16-32)45(46,47)48)24-23-44(43,52)38-19-21-40-35(26-38)25-36(27-49-40)39-20-22-41(53-29-33-11-7-5-8-12-33)50-42(39)54-30-34-13-9-6-10-14-34/h5-22,25-27,52H,3-4,23-24,28-31H2,1-2H3. The van der Waals surface area contributed by atoms with Crippen molar-refractivity contribution in [2.45, 2.75) is 64.6 Å². The van der Waals surface area contributed by atoms with Gasteiger partial charge in [0.2, 0.25) is 11.8 Å². The van der Waals surface area contributed by atoms with Crippen LogP contribution in [0.5, 0.6) is 11.8 Å². The number of ether oxygens (including phenoxy) is 2. The average molecular weight is 732 g/mol. The van der Waals surface area contributed by atoms with E-state index in [1.165, 1.54) is 0 Å². The molecule has 1 aliphatic rings. The van der Waals surface area contributed by atoms with Crippen LogP contribution in [0.4, 0.5) is 13.2 Å². The monoisotopic (exact) mass is 731 g/mol. The number of nitrogens with zero attached hydrogens (tertiary/aromatic N) is 3. The Bertz CT molecular complexity index is 2170. The maximum atomic E-state index is 13.2. The predicted molar refractivity (Wildman–Crippen MR) is 205 cm³/mol. The number of hydrogen-bond donors (Lipinski definition) is 1. The molecule has 6 nitrogen and oxygen atoms in total. The van der Waals surface area contributed by atoms with E-state index in [0.29, 0.717) is 51.0 Å². The molecule has 54 heavy (non-hydrogen) atoms. The van der Waals surface area contributed by atoms with Crippen LogP contribution in [0, 0.1) is 5.41 Å². The highest BCUT2D eigenvalue weighted by molar-refractivity contribution is 5.85. The molecule has 4 aromatic carbocycles. The molecular formula is C45H44F3N3O3. The number of piperidine rings is 1. The minimum atomic E-state index is -4.37. The van der Waals surface area contributed by atoms with E-state index in [0.717, 1.165) is 69.3 Å². The number of likely N-dealkylation sites (tertiary alicyclic amines) is 1. The fourth-order valence-electron chi connectivity index (χ4n) is 7.75. The molecule has 0 amide bonds. The molecule has 1 atom stereocenters. The Kier molecular flexibility index (Phi) is 10.7. The van der Waals surface area contributed by atoms with Gasteiger partial charge in [-0.2, -0.15) is 18.2 Å². The third-order valence-electron chi connectivity index (χ3n) is 11.0. The van der Waals surface area contributed by atoms with Crippen LogP contribution in [0.25, 0.3) is 22.0 Å². The summed E-state index contributed by atoms with van der Waals surface area (Å²) >= 11 is 0. The molecule has 1 N–H and O–H groups in total. The molecule has 0 aliphatic carbocycles. The van der Waals surface area contributed by atoms with Crippen molar-refractivity contribution < 1.29 is 27.8 Å². The van der Waals surface area contributed by atoms with Gasteiger partial charge < -0.3 is 14.6 Å². The van der Waals surface area contributed by atoms with E-state index in [2.05, 4.69) is 24.8 Å². The summed E-state index contributed by atoms with van der Waals surface area (Å²) in [7, 11) is 0. The molecule has 7 rings (SSSR count). The fraction of sp³-hybridized carbons (Fsp3) is 0.289. The second kappa shape index (κ2) is 15.6. The number of aliphatic hydroxyl groups is 1. The lowest BCUT2D eigenvalue weighted by Gasteiger charge is -2.54. The number of pyridine rings is 2. The highest BCUT2D eigenvalue weighted by Gasteiger charge is 2.52. The number of benzene rings is 4. The van der Waals surface area contributed by atoms with Gasteiger partial charge in [0.15, 0.2) is 0 Å². The zero-order valence-electron chi connectivity index (χ0n) is 30.5. The van der Waals surface area contributed by atoms with Gasteiger partial charge in [0.25, 0.3) is 0 Å². The van der Waals surface area contributed by atoms with Gasteiger partial charge in [-0.25, -0.2) is 0 Å². The maximum Gasteiger partial charge on any atom is 0.416 e. The van der Waals surface area contributed by atoms with Gasteiger partial charge in [-0.3, -0.25) is 9.88 Å². The normalized spacial score (nSPS) is 17.4. The van der Waals surface area contributed by atoms with Crippen LogP contribution < -0.4 is 9.47 Å². The number of rotatable bonds is 12. The van der Waals surface area contributed by atoms with Crippen LogP contribution in [0.15, 0.2) is 128 Å². The predicted octanol–water partition coefficient (Wildman–Crippen LogP) is 10.4. The molecule has 1 saturated heterocycles. The number of aromatic nitrogens is 2. The first kappa shape index (κ1) is 37.1. The van der Waals surface area contributed by atoms with Gasteiger partial charge in [0.05, 0.1) is 16.7 Å². The van der Waals surface area contributed by atoms with Crippen molar-refractivity contribution in [1.29, 1.82) is 0 Å². The molecule has 0 bridgehead atoms. The lowest BCUT2D eigenvalue weighted by Crippen LogP contribution is -2.57. The second-order valence-electron chi connectivity index (χ2n) is 14.2.